The van der Waals surface area contributed by atoms with Crippen LogP contribution in [0.25, 0.3) is 0 Å². The monoisotopic (exact) mass is 462 g/mol. The smallest absolute Gasteiger partial charge is 0.191 e. The van der Waals surface area contributed by atoms with E-state index >= 15 is 0 Å². The maximum Gasteiger partial charge on any atom is 0.191 e. The zero-order chi connectivity index (χ0) is 16.7. The lowest BCUT2D eigenvalue weighted by Gasteiger charge is -2.23. The van der Waals surface area contributed by atoms with Gasteiger partial charge in [0.2, 0.25) is 0 Å². The van der Waals surface area contributed by atoms with Crippen LogP contribution in [0.5, 0.6) is 0 Å². The Bertz CT molecular complexity index is 614. The fraction of sp³-hybridized carbons (Fsp3) is 0.353. The van der Waals surface area contributed by atoms with Crippen molar-refractivity contribution in [3.05, 3.63) is 59.0 Å². The van der Waals surface area contributed by atoms with E-state index in [0.29, 0.717) is 13.1 Å². The quantitative estimate of drug-likeness (QED) is 0.392. The minimum atomic E-state index is 0. The van der Waals surface area contributed by atoms with Crippen LogP contribution in [0.1, 0.15) is 17.4 Å². The Hall–Kier alpha value is -1.25. The van der Waals surface area contributed by atoms with Crippen LogP contribution in [-0.4, -0.2) is 38.5 Å². The Morgan fingerprint density at radius 3 is 2.46 bits per heavy atom. The zero-order valence-electron chi connectivity index (χ0n) is 14.1. The molecule has 0 aliphatic rings. The van der Waals surface area contributed by atoms with Gasteiger partial charge in [-0.05, 0) is 43.9 Å². The summed E-state index contributed by atoms with van der Waals surface area (Å²) in [5.74, 6) is 1.68. The predicted octanol–water partition coefficient (Wildman–Crippen LogP) is 3.52. The molecule has 0 amide bonds. The second-order valence-electron chi connectivity index (χ2n) is 5.43. The summed E-state index contributed by atoms with van der Waals surface area (Å²) >= 11 is 5.89. The van der Waals surface area contributed by atoms with Crippen LogP contribution in [0.2, 0.25) is 5.02 Å². The molecule has 0 spiro atoms. The van der Waals surface area contributed by atoms with Gasteiger partial charge in [0.1, 0.15) is 5.76 Å². The summed E-state index contributed by atoms with van der Waals surface area (Å²) in [5.41, 5.74) is 1.15. The van der Waals surface area contributed by atoms with E-state index in [2.05, 4.69) is 20.5 Å². The molecule has 1 aromatic carbocycles. The number of benzene rings is 1. The molecule has 0 fully saturated rings. The Balaban J connectivity index is 0.00000288. The van der Waals surface area contributed by atoms with E-state index in [9.17, 15) is 0 Å². The number of halogens is 2. The number of nitrogens with one attached hydrogen (secondary N) is 2. The van der Waals surface area contributed by atoms with Gasteiger partial charge in [-0.3, -0.25) is 9.89 Å². The molecule has 2 aromatic rings. The lowest BCUT2D eigenvalue weighted by Crippen LogP contribution is -2.41. The van der Waals surface area contributed by atoms with Crippen LogP contribution < -0.4 is 10.6 Å². The van der Waals surface area contributed by atoms with Gasteiger partial charge >= 0.3 is 0 Å². The number of aliphatic imine (C=N–C) groups is 1. The first-order valence-electron chi connectivity index (χ1n) is 7.49. The van der Waals surface area contributed by atoms with Crippen LogP contribution in [0.4, 0.5) is 0 Å². The first-order chi connectivity index (χ1) is 11.1. The summed E-state index contributed by atoms with van der Waals surface area (Å²) in [6, 6.07) is 11.8. The molecule has 2 rings (SSSR count). The van der Waals surface area contributed by atoms with Crippen molar-refractivity contribution < 1.29 is 4.42 Å². The molecule has 1 unspecified atom stereocenters. The molecule has 0 saturated carbocycles. The average Bonchev–Trinajstić information content (AvgIpc) is 3.06. The Labute approximate surface area is 165 Å². The van der Waals surface area contributed by atoms with Crippen LogP contribution in [0, 0.1) is 0 Å². The molecule has 2 N–H and O–H groups in total. The lowest BCUT2D eigenvalue weighted by molar-refractivity contribution is 0.258. The molecule has 0 saturated heterocycles. The van der Waals surface area contributed by atoms with Crippen molar-refractivity contribution in [1.82, 2.24) is 15.5 Å². The molecule has 1 aromatic heterocycles. The van der Waals surface area contributed by atoms with E-state index < -0.39 is 0 Å². The van der Waals surface area contributed by atoms with E-state index in [4.69, 9.17) is 16.0 Å². The van der Waals surface area contributed by atoms with Gasteiger partial charge in [-0.25, -0.2) is 0 Å². The van der Waals surface area contributed by atoms with Gasteiger partial charge in [0, 0.05) is 25.2 Å². The number of nitrogens with zero attached hydrogens (tertiary/aromatic N) is 2. The minimum absolute atomic E-state index is 0. The van der Waals surface area contributed by atoms with Gasteiger partial charge in [-0.1, -0.05) is 23.7 Å². The molecule has 0 radical (unpaired) electrons. The summed E-state index contributed by atoms with van der Waals surface area (Å²) in [7, 11) is 5.81. The van der Waals surface area contributed by atoms with Crippen molar-refractivity contribution in [2.45, 2.75) is 12.6 Å². The number of guanidine groups is 1. The number of hydrogen-bond donors (Lipinski definition) is 2. The Morgan fingerprint density at radius 2 is 1.92 bits per heavy atom. The van der Waals surface area contributed by atoms with Crippen molar-refractivity contribution >= 4 is 41.5 Å². The standard InChI is InChI=1S/C17H23ClN4O.HI/c1-19-17(20-11-13-6-8-14(18)9-7-13)21-12-15(22(2)3)16-5-4-10-23-16;/h4-10,15H,11-12H2,1-3H3,(H2,19,20,21);1H. The second kappa shape index (κ2) is 10.6. The van der Waals surface area contributed by atoms with E-state index in [0.717, 1.165) is 22.3 Å². The van der Waals surface area contributed by atoms with Crippen LogP contribution in [-0.2, 0) is 6.54 Å². The summed E-state index contributed by atoms with van der Waals surface area (Å²) in [4.78, 5) is 6.36. The van der Waals surface area contributed by atoms with Crippen LogP contribution in [0.15, 0.2) is 52.1 Å². The second-order valence-corrected chi connectivity index (χ2v) is 5.86. The van der Waals surface area contributed by atoms with Gasteiger partial charge in [-0.2, -0.15) is 0 Å². The summed E-state index contributed by atoms with van der Waals surface area (Å²) < 4.78 is 5.51. The SMILES string of the molecule is CN=C(NCc1ccc(Cl)cc1)NCC(c1ccco1)N(C)C.I. The fourth-order valence-corrected chi connectivity index (χ4v) is 2.35. The maximum absolute atomic E-state index is 5.89. The van der Waals surface area contributed by atoms with Crippen molar-refractivity contribution in [3.63, 3.8) is 0 Å². The molecular formula is C17H24ClIN4O. The summed E-state index contributed by atoms with van der Waals surface area (Å²) in [6.07, 6.45) is 1.69. The number of hydrogen-bond acceptors (Lipinski definition) is 3. The lowest BCUT2D eigenvalue weighted by atomic mass is 10.2. The third kappa shape index (κ3) is 6.33. The fourth-order valence-electron chi connectivity index (χ4n) is 2.22. The molecule has 5 nitrogen and oxygen atoms in total. The molecule has 1 atom stereocenters. The molecular weight excluding hydrogens is 439 g/mol. The highest BCUT2D eigenvalue weighted by Gasteiger charge is 2.17. The number of rotatable bonds is 6. The van der Waals surface area contributed by atoms with Gasteiger partial charge in [0.05, 0.1) is 12.3 Å². The number of likely N-dealkylation sites (N-methyl/N-ethyl adjacent to an activating group) is 1. The summed E-state index contributed by atoms with van der Waals surface area (Å²) in [6.45, 7) is 1.38. The highest BCUT2D eigenvalue weighted by molar-refractivity contribution is 14.0. The largest absolute Gasteiger partial charge is 0.468 e. The molecule has 0 aliphatic carbocycles. The van der Waals surface area contributed by atoms with E-state index in [1.54, 1.807) is 13.3 Å². The molecule has 7 heteroatoms. The van der Waals surface area contributed by atoms with Crippen LogP contribution >= 0.6 is 35.6 Å². The average molecular weight is 463 g/mol. The third-order valence-corrected chi connectivity index (χ3v) is 3.81. The highest BCUT2D eigenvalue weighted by atomic mass is 127. The predicted molar refractivity (Wildman–Crippen MR) is 110 cm³/mol. The topological polar surface area (TPSA) is 52.8 Å². The Kier molecular flexibility index (Phi) is 9.17. The van der Waals surface area contributed by atoms with Crippen molar-refractivity contribution in [2.75, 3.05) is 27.7 Å². The minimum Gasteiger partial charge on any atom is -0.468 e. The van der Waals surface area contributed by atoms with Crippen molar-refractivity contribution in [1.29, 1.82) is 0 Å². The highest BCUT2D eigenvalue weighted by Crippen LogP contribution is 2.17. The molecule has 132 valence electrons. The maximum atomic E-state index is 5.89. The van der Waals surface area contributed by atoms with E-state index in [-0.39, 0.29) is 30.0 Å². The summed E-state index contributed by atoms with van der Waals surface area (Å²) in [5, 5.41) is 7.36. The van der Waals surface area contributed by atoms with Crippen molar-refractivity contribution in [3.8, 4) is 0 Å². The number of furan rings is 1. The van der Waals surface area contributed by atoms with E-state index in [1.165, 1.54) is 0 Å². The van der Waals surface area contributed by atoms with Gasteiger partial charge in [0.15, 0.2) is 5.96 Å². The van der Waals surface area contributed by atoms with Gasteiger partial charge in [0.25, 0.3) is 0 Å². The first-order valence-corrected chi connectivity index (χ1v) is 7.86. The molecule has 1 heterocycles. The normalized spacial score (nSPS) is 12.6. The van der Waals surface area contributed by atoms with Gasteiger partial charge < -0.3 is 15.1 Å². The molecule has 24 heavy (non-hydrogen) atoms. The third-order valence-electron chi connectivity index (χ3n) is 3.55. The molecule has 0 aliphatic heterocycles. The zero-order valence-corrected chi connectivity index (χ0v) is 17.2. The van der Waals surface area contributed by atoms with E-state index in [1.807, 2.05) is 50.5 Å². The Morgan fingerprint density at radius 1 is 1.21 bits per heavy atom. The molecule has 0 bridgehead atoms. The van der Waals surface area contributed by atoms with Crippen LogP contribution in [0.3, 0.4) is 0 Å². The van der Waals surface area contributed by atoms with Gasteiger partial charge in [-0.15, -0.1) is 24.0 Å². The first kappa shape index (κ1) is 20.8. The van der Waals surface area contributed by atoms with Crippen molar-refractivity contribution in [2.24, 2.45) is 4.99 Å².